The summed E-state index contributed by atoms with van der Waals surface area (Å²) in [5.41, 5.74) is -3.76. The predicted molar refractivity (Wildman–Crippen MR) is 90.6 cm³/mol. The largest absolute Gasteiger partial charge is 0.618 e. The van der Waals surface area contributed by atoms with Gasteiger partial charge in [-0.1, -0.05) is 6.92 Å². The maximum atomic E-state index is 13.0. The standard InChI is InChI=1S/C16H12F6N4O3S/c1-3-30(28,29)11-4-8(15(17,18)19)6-23-13(11)14-24-9-5-12(16(20,21)22)26(27)7-10(9)25(14)2/h4-7H,3H2,1-2H3. The molecule has 14 heteroatoms. The number of rotatable bonds is 3. The van der Waals surface area contributed by atoms with E-state index in [-0.39, 0.29) is 16.9 Å². The molecule has 3 aromatic rings. The van der Waals surface area contributed by atoms with Crippen LogP contribution in [0, 0.1) is 5.21 Å². The molecule has 30 heavy (non-hydrogen) atoms. The van der Waals surface area contributed by atoms with Crippen LogP contribution in [0.15, 0.2) is 29.4 Å². The molecule has 0 spiro atoms. The lowest BCUT2D eigenvalue weighted by Gasteiger charge is -2.12. The number of pyridine rings is 2. The minimum atomic E-state index is -4.98. The van der Waals surface area contributed by atoms with E-state index in [9.17, 15) is 40.0 Å². The molecule has 0 bridgehead atoms. The first-order valence-electron chi connectivity index (χ1n) is 8.14. The van der Waals surface area contributed by atoms with E-state index in [1.54, 1.807) is 0 Å². The van der Waals surface area contributed by atoms with Crippen molar-refractivity contribution in [2.75, 3.05) is 5.75 Å². The van der Waals surface area contributed by atoms with Crippen LogP contribution in [0.5, 0.6) is 0 Å². The van der Waals surface area contributed by atoms with Crippen LogP contribution in [0.2, 0.25) is 0 Å². The van der Waals surface area contributed by atoms with Crippen molar-refractivity contribution < 1.29 is 39.5 Å². The highest BCUT2D eigenvalue weighted by molar-refractivity contribution is 7.91. The second kappa shape index (κ2) is 6.82. The Morgan fingerprint density at radius 3 is 2.30 bits per heavy atom. The molecule has 0 N–H and O–H groups in total. The third-order valence-electron chi connectivity index (χ3n) is 4.32. The van der Waals surface area contributed by atoms with Crippen LogP contribution in [0.1, 0.15) is 18.2 Å². The number of imidazole rings is 1. The molecule has 0 aliphatic rings. The first-order chi connectivity index (χ1) is 13.7. The third kappa shape index (κ3) is 3.66. The lowest BCUT2D eigenvalue weighted by molar-refractivity contribution is -0.627. The monoisotopic (exact) mass is 454 g/mol. The number of nitrogens with zero attached hydrogens (tertiary/aromatic N) is 4. The highest BCUT2D eigenvalue weighted by Crippen LogP contribution is 2.35. The maximum Gasteiger partial charge on any atom is 0.478 e. The van der Waals surface area contributed by atoms with Crippen LogP contribution in [0.4, 0.5) is 26.3 Å². The molecule has 3 aromatic heterocycles. The summed E-state index contributed by atoms with van der Waals surface area (Å²) in [6, 6.07) is 0.860. The molecular weight excluding hydrogens is 442 g/mol. The number of aromatic nitrogens is 4. The van der Waals surface area contributed by atoms with Gasteiger partial charge in [0.1, 0.15) is 16.7 Å². The summed E-state index contributed by atoms with van der Waals surface area (Å²) in [6.07, 6.45) is -8.85. The van der Waals surface area contributed by atoms with Crippen molar-refractivity contribution in [2.45, 2.75) is 24.2 Å². The number of hydrogen-bond donors (Lipinski definition) is 0. The van der Waals surface area contributed by atoms with Crippen molar-refractivity contribution in [2.24, 2.45) is 7.05 Å². The molecule has 162 valence electrons. The first-order valence-corrected chi connectivity index (χ1v) is 9.79. The number of sulfone groups is 1. The number of aryl methyl sites for hydroxylation is 1. The fourth-order valence-corrected chi connectivity index (χ4v) is 3.80. The molecule has 0 unspecified atom stereocenters. The first kappa shape index (κ1) is 21.8. The predicted octanol–water partition coefficient (Wildman–Crippen LogP) is 3.10. The number of fused-ring (bicyclic) bond motifs is 1. The van der Waals surface area contributed by atoms with Gasteiger partial charge in [0, 0.05) is 19.3 Å². The second-order valence-corrected chi connectivity index (χ2v) is 8.47. The summed E-state index contributed by atoms with van der Waals surface area (Å²) in [6.45, 7) is 1.21. The van der Waals surface area contributed by atoms with Crippen LogP contribution >= 0.6 is 0 Å². The molecular formula is C16H12F6N4O3S. The smallest absolute Gasteiger partial charge is 0.478 e. The Morgan fingerprint density at radius 1 is 1.13 bits per heavy atom. The number of halogens is 6. The van der Waals surface area contributed by atoms with Gasteiger partial charge >= 0.3 is 18.0 Å². The van der Waals surface area contributed by atoms with E-state index in [0.717, 1.165) is 4.57 Å². The van der Waals surface area contributed by atoms with Gasteiger partial charge in [-0.3, -0.25) is 4.98 Å². The minimum Gasteiger partial charge on any atom is -0.618 e. The van der Waals surface area contributed by atoms with Crippen LogP contribution in [0.3, 0.4) is 0 Å². The van der Waals surface area contributed by atoms with Crippen LogP contribution in [-0.4, -0.2) is 28.7 Å². The molecule has 3 heterocycles. The molecule has 0 aliphatic heterocycles. The van der Waals surface area contributed by atoms with Gasteiger partial charge in [-0.15, -0.1) is 0 Å². The third-order valence-corrected chi connectivity index (χ3v) is 6.06. The fourth-order valence-electron chi connectivity index (χ4n) is 2.74. The normalized spacial score (nSPS) is 13.2. The molecule has 0 atom stereocenters. The summed E-state index contributed by atoms with van der Waals surface area (Å²) in [5, 5.41) is 11.7. The van der Waals surface area contributed by atoms with Gasteiger partial charge in [0.2, 0.25) is 6.20 Å². The van der Waals surface area contributed by atoms with Crippen LogP contribution in [-0.2, 0) is 29.2 Å². The summed E-state index contributed by atoms with van der Waals surface area (Å²) in [4.78, 5) is 6.72. The Morgan fingerprint density at radius 2 is 1.77 bits per heavy atom. The zero-order valence-electron chi connectivity index (χ0n) is 15.2. The molecule has 0 amide bonds. The zero-order chi connectivity index (χ0) is 22.6. The van der Waals surface area contributed by atoms with Gasteiger partial charge in [-0.2, -0.15) is 31.1 Å². The lowest BCUT2D eigenvalue weighted by Crippen LogP contribution is -2.36. The van der Waals surface area contributed by atoms with Gasteiger partial charge in [-0.05, 0) is 6.07 Å². The molecule has 7 nitrogen and oxygen atoms in total. The van der Waals surface area contributed by atoms with Gasteiger partial charge in [-0.25, -0.2) is 13.4 Å². The van der Waals surface area contributed by atoms with Crippen molar-refractivity contribution >= 4 is 20.9 Å². The second-order valence-electron chi connectivity index (χ2n) is 6.22. The van der Waals surface area contributed by atoms with Gasteiger partial charge in [0.15, 0.2) is 15.7 Å². The molecule has 0 fully saturated rings. The van der Waals surface area contributed by atoms with Crippen LogP contribution in [0.25, 0.3) is 22.6 Å². The molecule has 0 saturated heterocycles. The number of hydrogen-bond acceptors (Lipinski definition) is 5. The van der Waals surface area contributed by atoms with E-state index in [1.807, 2.05) is 0 Å². The summed E-state index contributed by atoms with van der Waals surface area (Å²) in [7, 11) is -2.95. The Labute approximate surface area is 165 Å². The molecule has 0 saturated carbocycles. The summed E-state index contributed by atoms with van der Waals surface area (Å²) >= 11 is 0. The van der Waals surface area contributed by atoms with E-state index in [0.29, 0.717) is 24.5 Å². The van der Waals surface area contributed by atoms with Crippen molar-refractivity contribution in [3.8, 4) is 11.5 Å². The fraction of sp³-hybridized carbons (Fsp3) is 0.312. The van der Waals surface area contributed by atoms with E-state index in [4.69, 9.17) is 0 Å². The molecule has 0 aromatic carbocycles. The molecule has 3 rings (SSSR count). The van der Waals surface area contributed by atoms with Gasteiger partial charge < -0.3 is 9.77 Å². The van der Waals surface area contributed by atoms with Crippen molar-refractivity contribution in [1.82, 2.24) is 14.5 Å². The Hall–Kier alpha value is -2.90. The molecule has 0 radical (unpaired) electrons. The Kier molecular flexibility index (Phi) is 4.96. The van der Waals surface area contributed by atoms with Gasteiger partial charge in [0.05, 0.1) is 16.2 Å². The highest BCUT2D eigenvalue weighted by Gasteiger charge is 2.41. The van der Waals surface area contributed by atoms with E-state index in [1.165, 1.54) is 14.0 Å². The van der Waals surface area contributed by atoms with Crippen molar-refractivity contribution in [1.29, 1.82) is 0 Å². The van der Waals surface area contributed by atoms with Crippen molar-refractivity contribution in [3.05, 3.63) is 41.0 Å². The highest BCUT2D eigenvalue weighted by atomic mass is 32.2. The van der Waals surface area contributed by atoms with Crippen molar-refractivity contribution in [3.63, 3.8) is 0 Å². The maximum absolute atomic E-state index is 13.0. The number of alkyl halides is 6. The lowest BCUT2D eigenvalue weighted by atomic mass is 10.2. The topological polar surface area (TPSA) is 91.8 Å². The summed E-state index contributed by atoms with van der Waals surface area (Å²) < 4.78 is 103. The van der Waals surface area contributed by atoms with Crippen LogP contribution < -0.4 is 4.73 Å². The van der Waals surface area contributed by atoms with E-state index >= 15 is 0 Å². The van der Waals surface area contributed by atoms with E-state index in [2.05, 4.69) is 9.97 Å². The Balaban J connectivity index is 2.34. The average Bonchev–Trinajstić information content (AvgIpc) is 2.95. The minimum absolute atomic E-state index is 0.102. The SMILES string of the molecule is CCS(=O)(=O)c1cc(C(F)(F)F)cnc1-c1nc2cc(C(F)(F)F)[n+]([O-])cc2n1C. The van der Waals surface area contributed by atoms with E-state index < -0.39 is 54.5 Å². The van der Waals surface area contributed by atoms with Gasteiger partial charge in [0.25, 0.3) is 0 Å². The zero-order valence-corrected chi connectivity index (χ0v) is 16.0. The Bertz CT molecular complexity index is 1250. The molecule has 0 aliphatic carbocycles. The quantitative estimate of drug-likeness (QED) is 0.345. The average molecular weight is 454 g/mol. The summed E-state index contributed by atoms with van der Waals surface area (Å²) in [5.74, 6) is -0.865.